The summed E-state index contributed by atoms with van der Waals surface area (Å²) in [6.45, 7) is 14.7. The maximum atomic E-state index is 5.51. The maximum Gasteiger partial charge on any atom is 0.297 e. The van der Waals surface area contributed by atoms with Crippen molar-refractivity contribution in [3.63, 3.8) is 0 Å². The Hall–Kier alpha value is -1.03. The Balaban J connectivity index is 2.58. The molecule has 1 aromatic rings. The van der Waals surface area contributed by atoms with Gasteiger partial charge in [0.15, 0.2) is 0 Å². The molecule has 0 amide bonds. The van der Waals surface area contributed by atoms with E-state index in [9.17, 15) is 0 Å². The zero-order chi connectivity index (χ0) is 14.0. The minimum absolute atomic E-state index is 0.0937. The lowest BCUT2D eigenvalue weighted by molar-refractivity contribution is 0.403. The molecule has 0 aromatic carbocycles. The lowest BCUT2D eigenvalue weighted by atomic mass is 9.96. The van der Waals surface area contributed by atoms with Crippen molar-refractivity contribution in [1.82, 2.24) is 10.3 Å². The molecule has 0 unspecified atom stereocenters. The molecule has 104 valence electrons. The van der Waals surface area contributed by atoms with Crippen LogP contribution in [0.15, 0.2) is 10.7 Å². The highest BCUT2D eigenvalue weighted by atomic mass is 16.4. The average Bonchev–Trinajstić information content (AvgIpc) is 2.58. The molecule has 0 aliphatic heterocycles. The largest absolute Gasteiger partial charge is 0.432 e. The van der Waals surface area contributed by atoms with Crippen LogP contribution in [0, 0.1) is 5.41 Å². The van der Waals surface area contributed by atoms with E-state index >= 15 is 0 Å². The van der Waals surface area contributed by atoms with E-state index in [0.717, 1.165) is 18.8 Å². The molecule has 0 saturated heterocycles. The van der Waals surface area contributed by atoms with Crippen LogP contribution < -0.4 is 10.2 Å². The molecular weight excluding hydrogens is 226 g/mol. The first-order chi connectivity index (χ1) is 8.07. The van der Waals surface area contributed by atoms with Crippen LogP contribution in [-0.4, -0.2) is 24.1 Å². The lowest BCUT2D eigenvalue weighted by Gasteiger charge is -2.25. The van der Waals surface area contributed by atoms with Crippen molar-refractivity contribution >= 4 is 6.01 Å². The fourth-order valence-corrected chi connectivity index (χ4v) is 1.69. The van der Waals surface area contributed by atoms with Gasteiger partial charge in [-0.3, -0.25) is 0 Å². The average molecular weight is 253 g/mol. The predicted molar refractivity (Wildman–Crippen MR) is 75.8 cm³/mol. The normalized spacial score (nSPS) is 12.8. The minimum Gasteiger partial charge on any atom is -0.432 e. The van der Waals surface area contributed by atoms with Gasteiger partial charge in [-0.1, -0.05) is 20.8 Å². The van der Waals surface area contributed by atoms with Crippen molar-refractivity contribution in [3.8, 4) is 0 Å². The Bertz CT molecular complexity index is 371. The maximum absolute atomic E-state index is 5.51. The second kappa shape index (κ2) is 5.31. The summed E-state index contributed by atoms with van der Waals surface area (Å²) < 4.78 is 5.51. The molecule has 0 aliphatic rings. The van der Waals surface area contributed by atoms with Crippen molar-refractivity contribution in [2.75, 3.05) is 18.5 Å². The van der Waals surface area contributed by atoms with Crippen LogP contribution in [0.5, 0.6) is 0 Å². The van der Waals surface area contributed by atoms with E-state index in [2.05, 4.69) is 56.7 Å². The van der Waals surface area contributed by atoms with Gasteiger partial charge in [-0.15, -0.1) is 0 Å². The summed E-state index contributed by atoms with van der Waals surface area (Å²) in [4.78, 5) is 6.55. The monoisotopic (exact) mass is 253 g/mol. The van der Waals surface area contributed by atoms with Gasteiger partial charge in [-0.2, -0.15) is 4.98 Å². The zero-order valence-corrected chi connectivity index (χ0v) is 12.8. The van der Waals surface area contributed by atoms with Crippen LogP contribution in [0.4, 0.5) is 6.01 Å². The van der Waals surface area contributed by atoms with Crippen molar-refractivity contribution in [2.24, 2.45) is 5.41 Å². The molecule has 0 spiro atoms. The molecule has 0 radical (unpaired) electrons. The molecule has 1 rings (SSSR count). The number of nitrogens with one attached hydrogen (secondary N) is 1. The summed E-state index contributed by atoms with van der Waals surface area (Å²) in [5, 5.41) is 3.40. The second-order valence-electron chi connectivity index (χ2n) is 7.14. The van der Waals surface area contributed by atoms with Gasteiger partial charge in [-0.25, -0.2) is 0 Å². The molecule has 0 bridgehead atoms. The topological polar surface area (TPSA) is 41.3 Å². The summed E-state index contributed by atoms with van der Waals surface area (Å²) in [6.07, 6.45) is 1.73. The number of hydrogen-bond donors (Lipinski definition) is 1. The number of nitrogens with zero attached hydrogens (tertiary/aromatic N) is 2. The third kappa shape index (κ3) is 5.54. The van der Waals surface area contributed by atoms with E-state index in [1.54, 1.807) is 6.26 Å². The van der Waals surface area contributed by atoms with Crippen molar-refractivity contribution in [2.45, 2.75) is 53.6 Å². The predicted octanol–water partition coefficient (Wildman–Crippen LogP) is 3.05. The van der Waals surface area contributed by atoms with E-state index < -0.39 is 0 Å². The highest BCUT2D eigenvalue weighted by molar-refractivity contribution is 5.25. The minimum atomic E-state index is 0.0937. The van der Waals surface area contributed by atoms with Crippen LogP contribution in [0.1, 0.15) is 47.2 Å². The van der Waals surface area contributed by atoms with Gasteiger partial charge < -0.3 is 14.6 Å². The molecule has 4 heteroatoms. The Morgan fingerprint density at radius 3 is 2.33 bits per heavy atom. The van der Waals surface area contributed by atoms with E-state index in [4.69, 9.17) is 4.42 Å². The fourth-order valence-electron chi connectivity index (χ4n) is 1.69. The van der Waals surface area contributed by atoms with Gasteiger partial charge in [0.25, 0.3) is 6.01 Å². The molecule has 0 saturated carbocycles. The first-order valence-corrected chi connectivity index (χ1v) is 6.47. The summed E-state index contributed by atoms with van der Waals surface area (Å²) >= 11 is 0. The molecule has 0 aliphatic carbocycles. The highest BCUT2D eigenvalue weighted by Crippen LogP contribution is 2.19. The quantitative estimate of drug-likeness (QED) is 0.895. The molecule has 1 aromatic heterocycles. The van der Waals surface area contributed by atoms with Crippen LogP contribution in [0.3, 0.4) is 0 Å². The van der Waals surface area contributed by atoms with Crippen LogP contribution in [0.25, 0.3) is 0 Å². The van der Waals surface area contributed by atoms with Gasteiger partial charge in [0.2, 0.25) is 0 Å². The molecule has 18 heavy (non-hydrogen) atoms. The van der Waals surface area contributed by atoms with E-state index in [1.165, 1.54) is 0 Å². The zero-order valence-electron chi connectivity index (χ0n) is 12.8. The molecule has 1 N–H and O–H groups in total. The first-order valence-electron chi connectivity index (χ1n) is 6.47. The van der Waals surface area contributed by atoms with Crippen LogP contribution in [-0.2, 0) is 6.54 Å². The summed E-state index contributed by atoms with van der Waals surface area (Å²) in [7, 11) is 2.01. The standard InChI is InChI=1S/C14H27N3O/c1-13(2,3)10-17(7)12-16-11(9-18-12)8-15-14(4,5)6/h9,15H,8,10H2,1-7H3. The van der Waals surface area contributed by atoms with E-state index in [0.29, 0.717) is 6.01 Å². The molecule has 0 atom stereocenters. The molecule has 4 nitrogen and oxygen atoms in total. The Labute approximate surface area is 111 Å². The Kier molecular flexibility index (Phi) is 4.43. The summed E-state index contributed by atoms with van der Waals surface area (Å²) in [5.41, 5.74) is 1.27. The van der Waals surface area contributed by atoms with Gasteiger partial charge in [0.05, 0.1) is 5.69 Å². The fraction of sp³-hybridized carbons (Fsp3) is 0.786. The Morgan fingerprint density at radius 2 is 1.83 bits per heavy atom. The second-order valence-corrected chi connectivity index (χ2v) is 7.14. The SMILES string of the molecule is CN(CC(C)(C)C)c1nc(CNC(C)(C)C)co1. The smallest absolute Gasteiger partial charge is 0.297 e. The van der Waals surface area contributed by atoms with E-state index in [1.807, 2.05) is 7.05 Å². The molecular formula is C14H27N3O. The number of hydrogen-bond acceptors (Lipinski definition) is 4. The van der Waals surface area contributed by atoms with Crippen molar-refractivity contribution in [1.29, 1.82) is 0 Å². The molecule has 1 heterocycles. The summed E-state index contributed by atoms with van der Waals surface area (Å²) in [5.74, 6) is 0. The Morgan fingerprint density at radius 1 is 1.22 bits per heavy atom. The summed E-state index contributed by atoms with van der Waals surface area (Å²) in [6, 6.07) is 0.690. The van der Waals surface area contributed by atoms with Gasteiger partial charge in [0, 0.05) is 25.7 Å². The number of oxazole rings is 1. The highest BCUT2D eigenvalue weighted by Gasteiger charge is 2.17. The third-order valence-electron chi connectivity index (χ3n) is 2.38. The number of aromatic nitrogens is 1. The van der Waals surface area contributed by atoms with Crippen LogP contribution in [0.2, 0.25) is 0 Å². The van der Waals surface area contributed by atoms with Gasteiger partial charge in [-0.05, 0) is 26.2 Å². The van der Waals surface area contributed by atoms with Gasteiger partial charge in [0.1, 0.15) is 6.26 Å². The van der Waals surface area contributed by atoms with E-state index in [-0.39, 0.29) is 11.0 Å². The number of anilines is 1. The van der Waals surface area contributed by atoms with Crippen molar-refractivity contribution in [3.05, 3.63) is 12.0 Å². The first kappa shape index (κ1) is 15.0. The van der Waals surface area contributed by atoms with Gasteiger partial charge >= 0.3 is 0 Å². The van der Waals surface area contributed by atoms with Crippen LogP contribution >= 0.6 is 0 Å². The lowest BCUT2D eigenvalue weighted by Crippen LogP contribution is -2.35. The van der Waals surface area contributed by atoms with Crippen molar-refractivity contribution < 1.29 is 4.42 Å². The number of rotatable bonds is 4. The molecule has 0 fully saturated rings. The third-order valence-corrected chi connectivity index (χ3v) is 2.38.